The van der Waals surface area contributed by atoms with Gasteiger partial charge in [0.15, 0.2) is 0 Å². The van der Waals surface area contributed by atoms with Crippen LogP contribution in [-0.2, 0) is 23.9 Å². The third-order valence-corrected chi connectivity index (χ3v) is 7.06. The molecular formula is C24H40N2O6. The van der Waals surface area contributed by atoms with E-state index in [0.717, 1.165) is 6.42 Å². The standard InChI is InChI=1S/C24H40N2O6/c1-8-31-20(30)16-15-19(29)26(12-9-13-27)17(24(15)11-10-23(16,7)32-24)18(28)25-22(5,6)14-21(2,3)4/h15-17,27H,8-14H2,1-7H3,(H,25,28)/t15-,16-,17?,23+,24?/m0/s1. The maximum Gasteiger partial charge on any atom is 0.312 e. The van der Waals surface area contributed by atoms with Crippen molar-refractivity contribution >= 4 is 17.8 Å². The van der Waals surface area contributed by atoms with Crippen molar-refractivity contribution in [1.82, 2.24) is 10.2 Å². The second kappa shape index (κ2) is 8.28. The van der Waals surface area contributed by atoms with Crippen molar-refractivity contribution in [2.45, 2.75) is 96.9 Å². The van der Waals surface area contributed by atoms with E-state index in [4.69, 9.17) is 9.47 Å². The molecule has 2 unspecified atom stereocenters. The van der Waals surface area contributed by atoms with Crippen molar-refractivity contribution < 1.29 is 29.0 Å². The number of aliphatic hydroxyl groups is 1. The molecule has 3 aliphatic rings. The zero-order valence-electron chi connectivity index (χ0n) is 20.6. The molecule has 3 rings (SSSR count). The summed E-state index contributed by atoms with van der Waals surface area (Å²) in [6, 6.07) is -0.841. The van der Waals surface area contributed by atoms with Gasteiger partial charge in [0.1, 0.15) is 17.6 Å². The van der Waals surface area contributed by atoms with Crippen LogP contribution in [0.1, 0.15) is 74.1 Å². The fraction of sp³-hybridized carbons (Fsp3) is 0.875. The number of esters is 1. The van der Waals surface area contributed by atoms with Gasteiger partial charge in [0, 0.05) is 18.7 Å². The average molecular weight is 453 g/mol. The molecule has 2 bridgehead atoms. The number of aliphatic hydroxyl groups excluding tert-OH is 1. The SMILES string of the molecule is CCOC(=O)[C@@H]1[C@H]2C(=O)N(CCCO)C(C(=O)NC(C)(C)CC(C)(C)C)C23CC[C@@]1(C)O3. The maximum absolute atomic E-state index is 13.7. The minimum absolute atomic E-state index is 0.00443. The van der Waals surface area contributed by atoms with Crippen LogP contribution >= 0.6 is 0 Å². The van der Waals surface area contributed by atoms with E-state index < -0.39 is 40.6 Å². The highest BCUT2D eigenvalue weighted by atomic mass is 16.6. The normalized spacial score (nSPS) is 34.1. The molecule has 0 aromatic carbocycles. The maximum atomic E-state index is 13.7. The van der Waals surface area contributed by atoms with E-state index in [2.05, 4.69) is 26.1 Å². The first-order chi connectivity index (χ1) is 14.7. The number of fused-ring (bicyclic) bond motifs is 1. The first-order valence-corrected chi connectivity index (χ1v) is 11.8. The van der Waals surface area contributed by atoms with Crippen molar-refractivity contribution in [2.24, 2.45) is 17.3 Å². The molecule has 0 saturated carbocycles. The minimum Gasteiger partial charge on any atom is -0.466 e. The molecule has 32 heavy (non-hydrogen) atoms. The Bertz CT molecular complexity index is 775. The lowest BCUT2D eigenvalue weighted by Gasteiger charge is -2.38. The predicted molar refractivity (Wildman–Crippen MR) is 119 cm³/mol. The molecule has 1 spiro atoms. The Kier molecular flexibility index (Phi) is 6.46. The van der Waals surface area contributed by atoms with E-state index >= 15 is 0 Å². The highest BCUT2D eigenvalue weighted by Crippen LogP contribution is 2.63. The number of hydrogen-bond acceptors (Lipinski definition) is 6. The molecule has 5 atom stereocenters. The molecule has 8 heteroatoms. The minimum atomic E-state index is -1.05. The molecule has 0 aromatic heterocycles. The van der Waals surface area contributed by atoms with E-state index in [1.807, 2.05) is 20.8 Å². The molecule has 3 aliphatic heterocycles. The van der Waals surface area contributed by atoms with Crippen LogP contribution in [0.2, 0.25) is 0 Å². The molecule has 3 heterocycles. The fourth-order valence-electron chi connectivity index (χ4n) is 6.57. The predicted octanol–water partition coefficient (Wildman–Crippen LogP) is 2.03. The van der Waals surface area contributed by atoms with Gasteiger partial charge < -0.3 is 24.8 Å². The Hall–Kier alpha value is -1.67. The molecule has 3 fully saturated rings. The van der Waals surface area contributed by atoms with E-state index in [1.165, 1.54) is 4.90 Å². The molecule has 0 aliphatic carbocycles. The lowest BCUT2D eigenvalue weighted by Crippen LogP contribution is -2.59. The van der Waals surface area contributed by atoms with Gasteiger partial charge in [-0.05, 0) is 58.8 Å². The number of rotatable bonds is 8. The zero-order chi connectivity index (χ0) is 24.1. The van der Waals surface area contributed by atoms with Crippen molar-refractivity contribution in [1.29, 1.82) is 0 Å². The quantitative estimate of drug-likeness (QED) is 0.546. The van der Waals surface area contributed by atoms with Gasteiger partial charge in [-0.3, -0.25) is 14.4 Å². The Balaban J connectivity index is 1.98. The largest absolute Gasteiger partial charge is 0.466 e. The number of nitrogens with one attached hydrogen (secondary N) is 1. The molecule has 2 N–H and O–H groups in total. The number of ether oxygens (including phenoxy) is 2. The molecular weight excluding hydrogens is 412 g/mol. The summed E-state index contributed by atoms with van der Waals surface area (Å²) in [6.45, 7) is 14.3. The molecule has 182 valence electrons. The topological polar surface area (TPSA) is 105 Å². The van der Waals surface area contributed by atoms with Gasteiger partial charge in [-0.15, -0.1) is 0 Å². The summed E-state index contributed by atoms with van der Waals surface area (Å²) in [5.74, 6) is -2.44. The second-order valence-corrected chi connectivity index (χ2v) is 11.7. The fourth-order valence-corrected chi connectivity index (χ4v) is 6.57. The molecule has 3 saturated heterocycles. The molecule has 2 amide bonds. The first kappa shape index (κ1) is 25.0. The van der Waals surface area contributed by atoms with Crippen LogP contribution in [0.4, 0.5) is 0 Å². The number of amides is 2. The number of carbonyl (C=O) groups excluding carboxylic acids is 3. The van der Waals surface area contributed by atoms with E-state index in [9.17, 15) is 19.5 Å². The third-order valence-electron chi connectivity index (χ3n) is 7.06. The summed E-state index contributed by atoms with van der Waals surface area (Å²) in [5, 5.41) is 12.6. The summed E-state index contributed by atoms with van der Waals surface area (Å²) in [4.78, 5) is 41.8. The van der Waals surface area contributed by atoms with Gasteiger partial charge in [0.25, 0.3) is 0 Å². The van der Waals surface area contributed by atoms with Crippen LogP contribution in [0.3, 0.4) is 0 Å². The van der Waals surface area contributed by atoms with Crippen LogP contribution < -0.4 is 5.32 Å². The number of nitrogens with zero attached hydrogens (tertiary/aromatic N) is 1. The van der Waals surface area contributed by atoms with Crippen molar-refractivity contribution in [3.63, 3.8) is 0 Å². The zero-order valence-corrected chi connectivity index (χ0v) is 20.6. The van der Waals surface area contributed by atoms with E-state index in [1.54, 1.807) is 6.92 Å². The van der Waals surface area contributed by atoms with Gasteiger partial charge in [-0.25, -0.2) is 0 Å². The number of carbonyl (C=O) groups is 3. The smallest absolute Gasteiger partial charge is 0.312 e. The summed E-state index contributed by atoms with van der Waals surface area (Å²) < 4.78 is 11.8. The second-order valence-electron chi connectivity index (χ2n) is 11.7. The summed E-state index contributed by atoms with van der Waals surface area (Å²) in [6.07, 6.45) is 2.22. The van der Waals surface area contributed by atoms with Gasteiger partial charge in [0.2, 0.25) is 11.8 Å². The van der Waals surface area contributed by atoms with Crippen LogP contribution in [0.5, 0.6) is 0 Å². The third kappa shape index (κ3) is 4.16. The summed E-state index contributed by atoms with van der Waals surface area (Å²) in [5.41, 5.74) is -2.36. The Labute approximate surface area is 191 Å². The highest BCUT2D eigenvalue weighted by molar-refractivity contribution is 5.98. The lowest BCUT2D eigenvalue weighted by atomic mass is 9.66. The Morgan fingerprint density at radius 1 is 1.25 bits per heavy atom. The van der Waals surface area contributed by atoms with Gasteiger partial charge >= 0.3 is 5.97 Å². The van der Waals surface area contributed by atoms with E-state index in [0.29, 0.717) is 19.3 Å². The summed E-state index contributed by atoms with van der Waals surface area (Å²) >= 11 is 0. The molecule has 0 aromatic rings. The van der Waals surface area contributed by atoms with Crippen LogP contribution in [0.25, 0.3) is 0 Å². The van der Waals surface area contributed by atoms with Crippen LogP contribution in [0.15, 0.2) is 0 Å². The Morgan fingerprint density at radius 3 is 2.47 bits per heavy atom. The molecule has 8 nitrogen and oxygen atoms in total. The van der Waals surface area contributed by atoms with Gasteiger partial charge in [-0.2, -0.15) is 0 Å². The van der Waals surface area contributed by atoms with Gasteiger partial charge in [0.05, 0.1) is 18.1 Å². The Morgan fingerprint density at radius 2 is 1.91 bits per heavy atom. The highest BCUT2D eigenvalue weighted by Gasteiger charge is 2.78. The van der Waals surface area contributed by atoms with E-state index in [-0.39, 0.29) is 37.0 Å². The number of hydrogen-bond donors (Lipinski definition) is 2. The van der Waals surface area contributed by atoms with Crippen molar-refractivity contribution in [2.75, 3.05) is 19.8 Å². The lowest BCUT2D eigenvalue weighted by molar-refractivity contribution is -0.159. The van der Waals surface area contributed by atoms with Crippen molar-refractivity contribution in [3.8, 4) is 0 Å². The molecule has 0 radical (unpaired) electrons. The summed E-state index contributed by atoms with van der Waals surface area (Å²) in [7, 11) is 0. The van der Waals surface area contributed by atoms with Gasteiger partial charge in [-0.1, -0.05) is 20.8 Å². The van der Waals surface area contributed by atoms with Crippen LogP contribution in [-0.4, -0.2) is 70.3 Å². The average Bonchev–Trinajstić information content (AvgIpc) is 3.18. The first-order valence-electron chi connectivity index (χ1n) is 11.8. The number of likely N-dealkylation sites (tertiary alicyclic amines) is 1. The van der Waals surface area contributed by atoms with Crippen molar-refractivity contribution in [3.05, 3.63) is 0 Å². The van der Waals surface area contributed by atoms with Crippen LogP contribution in [0, 0.1) is 17.3 Å². The monoisotopic (exact) mass is 452 g/mol.